The lowest BCUT2D eigenvalue weighted by Crippen LogP contribution is -2.10. The Morgan fingerprint density at radius 2 is 2.18 bits per heavy atom. The molecular formula is C11H18N6. The van der Waals surface area contributed by atoms with E-state index in [4.69, 9.17) is 5.73 Å². The molecule has 2 rings (SSSR count). The van der Waals surface area contributed by atoms with Crippen LogP contribution >= 0.6 is 0 Å². The van der Waals surface area contributed by atoms with Gasteiger partial charge in [-0.2, -0.15) is 5.10 Å². The Morgan fingerprint density at radius 3 is 2.82 bits per heavy atom. The van der Waals surface area contributed by atoms with E-state index in [0.29, 0.717) is 5.82 Å². The van der Waals surface area contributed by atoms with Gasteiger partial charge in [0.05, 0.1) is 5.69 Å². The van der Waals surface area contributed by atoms with Crippen molar-refractivity contribution in [1.82, 2.24) is 24.8 Å². The standard InChI is InChI=1S/C11H18N6/c1-3-4-10-11(12)14-15-17(10)8-6-9-5-7-13-16(9)2/h5,7H,3-4,6,8,12H2,1-2H3. The third-order valence-corrected chi connectivity index (χ3v) is 2.86. The van der Waals surface area contributed by atoms with Crippen molar-refractivity contribution in [2.75, 3.05) is 5.73 Å². The Balaban J connectivity index is 2.06. The first-order valence-electron chi connectivity index (χ1n) is 5.87. The van der Waals surface area contributed by atoms with E-state index in [-0.39, 0.29) is 0 Å². The summed E-state index contributed by atoms with van der Waals surface area (Å²) in [5.74, 6) is 0.553. The molecule has 17 heavy (non-hydrogen) atoms. The van der Waals surface area contributed by atoms with Crippen LogP contribution in [0.5, 0.6) is 0 Å². The molecular weight excluding hydrogens is 216 g/mol. The van der Waals surface area contributed by atoms with Crippen LogP contribution in [0.3, 0.4) is 0 Å². The molecule has 2 heterocycles. The number of nitrogen functional groups attached to an aromatic ring is 1. The molecule has 0 amide bonds. The smallest absolute Gasteiger partial charge is 0.169 e. The molecule has 2 aromatic rings. The summed E-state index contributed by atoms with van der Waals surface area (Å²) in [6, 6.07) is 2.01. The molecule has 0 bridgehead atoms. The van der Waals surface area contributed by atoms with Gasteiger partial charge in [-0.15, -0.1) is 5.10 Å². The zero-order valence-electron chi connectivity index (χ0n) is 10.3. The fraction of sp³-hybridized carbons (Fsp3) is 0.545. The zero-order valence-corrected chi connectivity index (χ0v) is 10.3. The Morgan fingerprint density at radius 1 is 1.35 bits per heavy atom. The molecule has 0 saturated heterocycles. The number of aromatic nitrogens is 5. The molecule has 0 fully saturated rings. The van der Waals surface area contributed by atoms with Crippen LogP contribution in [0.1, 0.15) is 24.7 Å². The third-order valence-electron chi connectivity index (χ3n) is 2.86. The van der Waals surface area contributed by atoms with Crippen molar-refractivity contribution in [3.8, 4) is 0 Å². The molecule has 6 nitrogen and oxygen atoms in total. The Bertz CT molecular complexity index is 484. The highest BCUT2D eigenvalue weighted by Gasteiger charge is 2.09. The number of nitrogens with two attached hydrogens (primary N) is 1. The number of rotatable bonds is 5. The summed E-state index contributed by atoms with van der Waals surface area (Å²) in [5.41, 5.74) is 8.01. The summed E-state index contributed by atoms with van der Waals surface area (Å²) in [7, 11) is 1.94. The molecule has 6 heteroatoms. The van der Waals surface area contributed by atoms with Gasteiger partial charge in [-0.3, -0.25) is 4.68 Å². The minimum absolute atomic E-state index is 0.553. The SMILES string of the molecule is CCCc1c(N)nnn1CCc1ccnn1C. The van der Waals surface area contributed by atoms with Crippen molar-refractivity contribution >= 4 is 5.82 Å². The van der Waals surface area contributed by atoms with Crippen molar-refractivity contribution in [3.63, 3.8) is 0 Å². The number of anilines is 1. The molecule has 0 aliphatic heterocycles. The summed E-state index contributed by atoms with van der Waals surface area (Å²) in [6.07, 6.45) is 4.65. The normalized spacial score (nSPS) is 10.9. The van der Waals surface area contributed by atoms with Crippen LogP contribution in [0, 0.1) is 0 Å². The lowest BCUT2D eigenvalue weighted by molar-refractivity contribution is 0.545. The molecule has 2 aromatic heterocycles. The van der Waals surface area contributed by atoms with E-state index in [1.807, 2.05) is 22.5 Å². The summed E-state index contributed by atoms with van der Waals surface area (Å²) in [5, 5.41) is 12.1. The second kappa shape index (κ2) is 4.99. The molecule has 92 valence electrons. The molecule has 0 radical (unpaired) electrons. The van der Waals surface area contributed by atoms with Gasteiger partial charge in [-0.25, -0.2) is 4.68 Å². The number of aryl methyl sites for hydroxylation is 3. The van der Waals surface area contributed by atoms with Crippen LogP contribution in [0.2, 0.25) is 0 Å². The highest BCUT2D eigenvalue weighted by atomic mass is 15.4. The predicted molar refractivity (Wildman–Crippen MR) is 65.3 cm³/mol. The monoisotopic (exact) mass is 234 g/mol. The first-order chi connectivity index (χ1) is 8.22. The topological polar surface area (TPSA) is 74.6 Å². The van der Waals surface area contributed by atoms with Crippen molar-refractivity contribution < 1.29 is 0 Å². The summed E-state index contributed by atoms with van der Waals surface area (Å²) in [6.45, 7) is 2.91. The summed E-state index contributed by atoms with van der Waals surface area (Å²) in [4.78, 5) is 0. The van der Waals surface area contributed by atoms with E-state index in [1.165, 1.54) is 5.69 Å². The van der Waals surface area contributed by atoms with Crippen LogP contribution in [-0.2, 0) is 26.4 Å². The summed E-state index contributed by atoms with van der Waals surface area (Å²) < 4.78 is 3.77. The maximum absolute atomic E-state index is 5.79. The van der Waals surface area contributed by atoms with Gasteiger partial charge in [0.1, 0.15) is 0 Å². The van der Waals surface area contributed by atoms with Crippen molar-refractivity contribution in [1.29, 1.82) is 0 Å². The van der Waals surface area contributed by atoms with Gasteiger partial charge in [-0.1, -0.05) is 18.6 Å². The number of hydrogen-bond acceptors (Lipinski definition) is 4. The van der Waals surface area contributed by atoms with Crippen molar-refractivity contribution in [2.45, 2.75) is 32.7 Å². The first-order valence-corrected chi connectivity index (χ1v) is 5.87. The minimum Gasteiger partial charge on any atom is -0.381 e. The molecule has 0 aromatic carbocycles. The van der Waals surface area contributed by atoms with E-state index in [0.717, 1.165) is 31.5 Å². The quantitative estimate of drug-likeness (QED) is 0.830. The average molecular weight is 234 g/mol. The maximum Gasteiger partial charge on any atom is 0.169 e. The lowest BCUT2D eigenvalue weighted by Gasteiger charge is -2.06. The van der Waals surface area contributed by atoms with Gasteiger partial charge in [-0.05, 0) is 12.5 Å². The van der Waals surface area contributed by atoms with Crippen LogP contribution in [-0.4, -0.2) is 24.8 Å². The van der Waals surface area contributed by atoms with Gasteiger partial charge in [0.15, 0.2) is 5.82 Å². The molecule has 0 aliphatic carbocycles. The largest absolute Gasteiger partial charge is 0.381 e. The molecule has 0 atom stereocenters. The van der Waals surface area contributed by atoms with E-state index >= 15 is 0 Å². The van der Waals surface area contributed by atoms with Crippen molar-refractivity contribution in [3.05, 3.63) is 23.7 Å². The third kappa shape index (κ3) is 2.46. The molecule has 0 unspecified atom stereocenters. The zero-order chi connectivity index (χ0) is 12.3. The first kappa shape index (κ1) is 11.6. The molecule has 0 saturated carbocycles. The van der Waals surface area contributed by atoms with Gasteiger partial charge in [0, 0.05) is 31.9 Å². The van der Waals surface area contributed by atoms with Gasteiger partial charge < -0.3 is 5.73 Å². The fourth-order valence-electron chi connectivity index (χ4n) is 1.89. The molecule has 2 N–H and O–H groups in total. The van der Waals surface area contributed by atoms with Crippen LogP contribution < -0.4 is 5.73 Å². The minimum atomic E-state index is 0.553. The molecule has 0 spiro atoms. The highest BCUT2D eigenvalue weighted by Crippen LogP contribution is 2.11. The second-order valence-corrected chi connectivity index (χ2v) is 4.09. The highest BCUT2D eigenvalue weighted by molar-refractivity contribution is 5.32. The van der Waals surface area contributed by atoms with E-state index in [9.17, 15) is 0 Å². The maximum atomic E-state index is 5.79. The van der Waals surface area contributed by atoms with Crippen LogP contribution in [0.4, 0.5) is 5.82 Å². The van der Waals surface area contributed by atoms with Crippen molar-refractivity contribution in [2.24, 2.45) is 7.05 Å². The fourth-order valence-corrected chi connectivity index (χ4v) is 1.89. The number of hydrogen-bond donors (Lipinski definition) is 1. The Labute approximate surface area is 100 Å². The van der Waals surface area contributed by atoms with Gasteiger partial charge in [0.2, 0.25) is 0 Å². The van der Waals surface area contributed by atoms with Crippen LogP contribution in [0.25, 0.3) is 0 Å². The predicted octanol–water partition coefficient (Wildman–Crippen LogP) is 0.789. The second-order valence-electron chi connectivity index (χ2n) is 4.09. The Kier molecular flexibility index (Phi) is 3.41. The van der Waals surface area contributed by atoms with E-state index in [1.54, 1.807) is 6.20 Å². The van der Waals surface area contributed by atoms with E-state index in [2.05, 4.69) is 22.3 Å². The van der Waals surface area contributed by atoms with Gasteiger partial charge >= 0.3 is 0 Å². The lowest BCUT2D eigenvalue weighted by atomic mass is 10.2. The number of nitrogens with zero attached hydrogens (tertiary/aromatic N) is 5. The average Bonchev–Trinajstić information content (AvgIpc) is 2.86. The van der Waals surface area contributed by atoms with Gasteiger partial charge in [0.25, 0.3) is 0 Å². The van der Waals surface area contributed by atoms with E-state index < -0.39 is 0 Å². The Hall–Kier alpha value is -1.85. The summed E-state index contributed by atoms with van der Waals surface area (Å²) >= 11 is 0. The molecule has 0 aliphatic rings. The van der Waals surface area contributed by atoms with Crippen LogP contribution in [0.15, 0.2) is 12.3 Å².